The van der Waals surface area contributed by atoms with Gasteiger partial charge in [-0.15, -0.1) is 0 Å². The number of halogens is 3. The minimum atomic E-state index is -1.85. The number of fused-ring (bicyclic) bond motifs is 2. The minimum Gasteiger partial charge on any atom is -0.414 e. The van der Waals surface area contributed by atoms with Crippen LogP contribution in [0.5, 0.6) is 0 Å². The van der Waals surface area contributed by atoms with E-state index in [-0.39, 0.29) is 51.7 Å². The molecule has 4 aromatic rings. The number of anilines is 1. The second-order valence-electron chi connectivity index (χ2n) is 21.2. The summed E-state index contributed by atoms with van der Waals surface area (Å²) in [5.74, 6) is 0.597. The third kappa shape index (κ3) is 13.2. The van der Waals surface area contributed by atoms with Crippen LogP contribution in [-0.4, -0.2) is 72.9 Å². The molecule has 7 N–H and O–H groups in total. The molecule has 4 unspecified atom stereocenters. The molecule has 15 heteroatoms. The topological polar surface area (TPSA) is 160 Å². The van der Waals surface area contributed by atoms with Gasteiger partial charge >= 0.3 is 0 Å². The Bertz CT molecular complexity index is 2340. The molecule has 0 amide bonds. The van der Waals surface area contributed by atoms with Crippen LogP contribution in [0.25, 0.3) is 11.1 Å². The van der Waals surface area contributed by atoms with Crippen molar-refractivity contribution in [2.75, 3.05) is 5.32 Å². The molecule has 0 radical (unpaired) electrons. The molecule has 5 atom stereocenters. The lowest BCUT2D eigenvalue weighted by Crippen LogP contribution is -2.49. The van der Waals surface area contributed by atoms with Gasteiger partial charge in [-0.2, -0.15) is 0 Å². The predicted molar refractivity (Wildman–Crippen MR) is 277 cm³/mol. The summed E-state index contributed by atoms with van der Waals surface area (Å²) in [6.07, 6.45) is 15.4. The van der Waals surface area contributed by atoms with E-state index in [4.69, 9.17) is 65.8 Å². The lowest BCUT2D eigenvalue weighted by Gasteiger charge is -2.42. The molecule has 0 spiro atoms. The van der Waals surface area contributed by atoms with Crippen LogP contribution in [0.15, 0.2) is 73.1 Å². The van der Waals surface area contributed by atoms with Crippen molar-refractivity contribution in [1.82, 2.24) is 19.9 Å². The fourth-order valence-electron chi connectivity index (χ4n) is 8.52. The number of nitrogens with two attached hydrogens (primary N) is 3. The summed E-state index contributed by atoms with van der Waals surface area (Å²) in [6, 6.07) is 17.3. The number of benzene rings is 2. The summed E-state index contributed by atoms with van der Waals surface area (Å²) < 4.78 is 13.1. The van der Waals surface area contributed by atoms with Gasteiger partial charge in [-0.3, -0.25) is 0 Å². The monoisotopic (exact) mass is 976 g/mol. The van der Waals surface area contributed by atoms with Crippen molar-refractivity contribution < 1.29 is 8.85 Å². The fourth-order valence-corrected chi connectivity index (χ4v) is 11.8. The second kappa shape index (κ2) is 21.1. The van der Waals surface area contributed by atoms with E-state index in [1.54, 1.807) is 6.20 Å². The van der Waals surface area contributed by atoms with Gasteiger partial charge < -0.3 is 31.4 Å². The maximum atomic E-state index is 6.69. The highest BCUT2D eigenvalue weighted by atomic mass is 35.5. The molecular weight excluding hydrogens is 907 g/mol. The van der Waals surface area contributed by atoms with Crippen molar-refractivity contribution in [2.45, 2.75) is 166 Å². The first-order valence-corrected chi connectivity index (χ1v) is 30.0. The number of rotatable bonds is 8. The molecule has 65 heavy (non-hydrogen) atoms. The van der Waals surface area contributed by atoms with E-state index < -0.39 is 16.6 Å². The summed E-state index contributed by atoms with van der Waals surface area (Å²) in [4.78, 5) is 17.4. The van der Waals surface area contributed by atoms with Gasteiger partial charge in [0.25, 0.3) is 0 Å². The van der Waals surface area contributed by atoms with Gasteiger partial charge in [0, 0.05) is 47.5 Å². The molecule has 352 valence electrons. The number of hydrogen-bond acceptors (Lipinski definition) is 10. The van der Waals surface area contributed by atoms with E-state index in [1.807, 2.05) is 12.1 Å². The van der Waals surface area contributed by atoms with Crippen LogP contribution >= 0.6 is 34.8 Å². The zero-order valence-corrected chi connectivity index (χ0v) is 44.3. The summed E-state index contributed by atoms with van der Waals surface area (Å²) in [6.45, 7) is 22.8. The summed E-state index contributed by atoms with van der Waals surface area (Å²) in [5, 5.41) is 5.28. The van der Waals surface area contributed by atoms with E-state index in [9.17, 15) is 0 Å². The Labute approximate surface area is 405 Å². The van der Waals surface area contributed by atoms with Crippen LogP contribution in [0.2, 0.25) is 51.6 Å². The van der Waals surface area contributed by atoms with Gasteiger partial charge in [-0.25, -0.2) is 19.9 Å². The van der Waals surface area contributed by atoms with Gasteiger partial charge in [-0.05, 0) is 121 Å². The summed E-state index contributed by atoms with van der Waals surface area (Å²) in [7, 11) is -3.51. The van der Waals surface area contributed by atoms with E-state index in [0.717, 1.165) is 68.2 Å². The van der Waals surface area contributed by atoms with E-state index >= 15 is 0 Å². The molecule has 0 bridgehead atoms. The van der Waals surface area contributed by atoms with Crippen LogP contribution in [0.3, 0.4) is 0 Å². The molecule has 0 aliphatic heterocycles. The number of allylic oxidation sites excluding steroid dienone is 2. The van der Waals surface area contributed by atoms with Crippen LogP contribution < -0.4 is 22.5 Å². The molecule has 2 heterocycles. The van der Waals surface area contributed by atoms with E-state index in [2.05, 4.69) is 137 Å². The van der Waals surface area contributed by atoms with Crippen molar-refractivity contribution in [1.29, 1.82) is 0 Å². The van der Waals surface area contributed by atoms with Gasteiger partial charge in [0.1, 0.15) is 0 Å². The highest BCUT2D eigenvalue weighted by molar-refractivity contribution is 6.74. The lowest BCUT2D eigenvalue weighted by atomic mass is 9.89. The molecule has 8 rings (SSSR count). The Morgan fingerprint density at radius 3 is 1.51 bits per heavy atom. The normalized spacial score (nSPS) is 23.2. The number of aromatic nitrogens is 4. The Morgan fingerprint density at radius 2 is 1.02 bits per heavy atom. The average molecular weight is 979 g/mol. The van der Waals surface area contributed by atoms with Crippen molar-refractivity contribution in [3.05, 3.63) is 122 Å². The first-order valence-electron chi connectivity index (χ1n) is 23.1. The first-order chi connectivity index (χ1) is 30.4. The molecular formula is C50H71Cl3N8O2Si2. The lowest BCUT2D eigenvalue weighted by molar-refractivity contribution is 0.118. The number of hydrogen-bond donors (Lipinski definition) is 4. The van der Waals surface area contributed by atoms with Crippen LogP contribution in [0.4, 0.5) is 5.95 Å². The van der Waals surface area contributed by atoms with Crippen LogP contribution in [0.1, 0.15) is 114 Å². The Hall–Kier alpha value is -3.02. The molecule has 2 aromatic heterocycles. The standard InChI is InChI=1S/C25H35ClN4OSi.C13H8Cl2N2.C12H28N2OSi/c1-25(2,3)32(4,5)31-19-13-17(27)12-18(14-19)29-24-28-15-22(26)23(30-24)21-11-10-16-8-6-7-9-20(16)21;14-11-7-16-13(15)17-12(11)10-6-5-8-3-1-2-4-9(8)10;1-12(2,3)16(4,5)15-11-7-9(13)6-10(14)8-11/h6-9,11,15,17-19H,10,12-14,27H2,1-5H3,(H,28,29,30);1-4,6-7H,5H2;9-11H,6-8,13-14H2,1-5H3/t17?,18?,19-;;/m0../s1. The zero-order valence-electron chi connectivity index (χ0n) is 40.0. The quantitative estimate of drug-likeness (QED) is 0.0988. The van der Waals surface area contributed by atoms with Crippen molar-refractivity contribution in [3.63, 3.8) is 0 Å². The third-order valence-electron chi connectivity index (χ3n) is 13.9. The van der Waals surface area contributed by atoms with Gasteiger partial charge in [0.15, 0.2) is 16.6 Å². The molecule has 0 saturated heterocycles. The molecule has 2 saturated carbocycles. The third-order valence-corrected chi connectivity index (χ3v) is 23.7. The van der Waals surface area contributed by atoms with E-state index in [1.165, 1.54) is 28.5 Å². The van der Waals surface area contributed by atoms with Crippen LogP contribution in [0, 0.1) is 0 Å². The zero-order chi connectivity index (χ0) is 47.5. The Morgan fingerprint density at radius 1 is 0.585 bits per heavy atom. The summed E-state index contributed by atoms with van der Waals surface area (Å²) in [5.41, 5.74) is 27.0. The largest absolute Gasteiger partial charge is 0.414 e. The maximum Gasteiger partial charge on any atom is 0.223 e. The van der Waals surface area contributed by atoms with Crippen molar-refractivity contribution in [2.24, 2.45) is 17.2 Å². The molecule has 10 nitrogen and oxygen atoms in total. The van der Waals surface area contributed by atoms with Crippen molar-refractivity contribution >= 4 is 68.5 Å². The average Bonchev–Trinajstić information content (AvgIpc) is 3.83. The molecule has 4 aliphatic rings. The Kier molecular flexibility index (Phi) is 16.7. The van der Waals surface area contributed by atoms with Crippen molar-refractivity contribution in [3.8, 4) is 0 Å². The molecule has 2 aromatic carbocycles. The summed E-state index contributed by atoms with van der Waals surface area (Å²) >= 11 is 18.5. The van der Waals surface area contributed by atoms with Gasteiger partial charge in [0.05, 0.1) is 33.8 Å². The highest BCUT2D eigenvalue weighted by Crippen LogP contribution is 2.41. The van der Waals surface area contributed by atoms with Gasteiger partial charge in [0.2, 0.25) is 11.2 Å². The molecule has 2 fully saturated rings. The minimum absolute atomic E-state index is 0.104. The smallest absolute Gasteiger partial charge is 0.223 e. The van der Waals surface area contributed by atoms with Crippen LogP contribution in [-0.2, 0) is 21.7 Å². The second-order valence-corrected chi connectivity index (χ2v) is 31.9. The number of nitrogens with one attached hydrogen (secondary N) is 1. The fraction of sp³-hybridized carbons (Fsp3) is 0.520. The van der Waals surface area contributed by atoms with E-state index in [0.29, 0.717) is 21.7 Å². The predicted octanol–water partition coefficient (Wildman–Crippen LogP) is 11.8. The maximum absolute atomic E-state index is 6.69. The molecule has 4 aliphatic carbocycles. The number of nitrogens with zero attached hydrogens (tertiary/aromatic N) is 4. The van der Waals surface area contributed by atoms with Gasteiger partial charge in [-0.1, -0.05) is 125 Å². The first kappa shape index (κ1) is 51.4. The Balaban J connectivity index is 0.000000178. The highest BCUT2D eigenvalue weighted by Gasteiger charge is 2.42. The SMILES string of the molecule is CC(C)(C)[Si](C)(C)OC1CC(N)CC(N)C1.CC(C)(C)[Si](C)(C)O[C@H]1CC(N)CC(Nc2ncc(Cl)c(C3=CCc4ccccc43)n2)C1.Clc1ncc(Cl)c(C2=CCc3ccccc32)n1.